The van der Waals surface area contributed by atoms with Crippen molar-refractivity contribution < 1.29 is 13.2 Å². The quantitative estimate of drug-likeness (QED) is 0.700. The Bertz CT molecular complexity index is 307. The van der Waals surface area contributed by atoms with Crippen molar-refractivity contribution in [1.82, 2.24) is 9.62 Å². The fourth-order valence-electron chi connectivity index (χ4n) is 1.58. The number of sulfonamides is 1. The summed E-state index contributed by atoms with van der Waals surface area (Å²) in [7, 11) is -3.30. The van der Waals surface area contributed by atoms with Crippen molar-refractivity contribution in [2.45, 2.75) is 25.8 Å². The average molecular weight is 220 g/mol. The number of nitrogens with zero attached hydrogens (tertiary/aromatic N) is 1. The van der Waals surface area contributed by atoms with Gasteiger partial charge in [-0.15, -0.1) is 0 Å². The van der Waals surface area contributed by atoms with E-state index in [4.69, 9.17) is 0 Å². The lowest BCUT2D eigenvalue weighted by molar-refractivity contribution is -0.131. The van der Waals surface area contributed by atoms with Crippen LogP contribution in [-0.4, -0.2) is 44.6 Å². The summed E-state index contributed by atoms with van der Waals surface area (Å²) in [5.74, 6) is -0.132. The molecular weight excluding hydrogens is 204 g/mol. The van der Waals surface area contributed by atoms with Gasteiger partial charge in [0.1, 0.15) is 0 Å². The molecule has 1 amide bonds. The molecule has 82 valence electrons. The minimum absolute atomic E-state index is 0.132. The molecule has 14 heavy (non-hydrogen) atoms. The summed E-state index contributed by atoms with van der Waals surface area (Å²) < 4.78 is 24.0. The highest BCUT2D eigenvalue weighted by atomic mass is 32.2. The summed E-state index contributed by atoms with van der Waals surface area (Å²) in [4.78, 5) is 13.3. The summed E-state index contributed by atoms with van der Waals surface area (Å²) in [5, 5.41) is 0. The zero-order valence-corrected chi connectivity index (χ0v) is 9.30. The van der Waals surface area contributed by atoms with E-state index in [9.17, 15) is 13.2 Å². The molecule has 0 aromatic heterocycles. The van der Waals surface area contributed by atoms with E-state index in [1.165, 1.54) is 0 Å². The second-order valence-corrected chi connectivity index (χ2v) is 5.42. The first-order chi connectivity index (χ1) is 6.40. The predicted molar refractivity (Wildman–Crippen MR) is 53.3 cm³/mol. The summed E-state index contributed by atoms with van der Waals surface area (Å²) in [6, 6.07) is -0.650. The molecule has 1 aliphatic heterocycles. The van der Waals surface area contributed by atoms with Crippen LogP contribution in [0.3, 0.4) is 0 Å². The van der Waals surface area contributed by atoms with E-state index >= 15 is 0 Å². The molecule has 0 unspecified atom stereocenters. The van der Waals surface area contributed by atoms with Gasteiger partial charge in [-0.1, -0.05) is 0 Å². The van der Waals surface area contributed by atoms with Crippen LogP contribution in [0.4, 0.5) is 0 Å². The molecule has 0 aromatic rings. The Balaban J connectivity index is 2.51. The van der Waals surface area contributed by atoms with Gasteiger partial charge in [0.2, 0.25) is 15.9 Å². The molecule has 6 heteroatoms. The summed E-state index contributed by atoms with van der Waals surface area (Å²) >= 11 is 0. The van der Waals surface area contributed by atoms with E-state index in [2.05, 4.69) is 4.72 Å². The molecule has 0 aromatic carbocycles. The third kappa shape index (κ3) is 3.26. The van der Waals surface area contributed by atoms with Gasteiger partial charge in [-0.2, -0.15) is 0 Å². The van der Waals surface area contributed by atoms with Crippen LogP contribution < -0.4 is 4.72 Å². The fraction of sp³-hybridized carbons (Fsp3) is 0.875. The van der Waals surface area contributed by atoms with Crippen molar-refractivity contribution in [3.63, 3.8) is 0 Å². The number of carbonyl (C=O) groups excluding carboxylic acids is 1. The third-order valence-corrected chi connectivity index (χ3v) is 2.96. The summed E-state index contributed by atoms with van der Waals surface area (Å²) in [5.41, 5.74) is 0. The van der Waals surface area contributed by atoms with Gasteiger partial charge < -0.3 is 4.90 Å². The van der Waals surface area contributed by atoms with Gasteiger partial charge in [-0.3, -0.25) is 4.79 Å². The van der Waals surface area contributed by atoms with Gasteiger partial charge in [-0.05, 0) is 19.8 Å². The topological polar surface area (TPSA) is 66.5 Å². The van der Waals surface area contributed by atoms with Crippen molar-refractivity contribution in [3.05, 3.63) is 0 Å². The molecule has 1 saturated heterocycles. The number of carbonyl (C=O) groups is 1. The van der Waals surface area contributed by atoms with Crippen LogP contribution in [0.15, 0.2) is 0 Å². The Morgan fingerprint density at radius 1 is 1.36 bits per heavy atom. The first-order valence-electron chi connectivity index (χ1n) is 4.66. The Morgan fingerprint density at radius 2 is 1.86 bits per heavy atom. The molecule has 1 N–H and O–H groups in total. The smallest absolute Gasteiger partial charge is 0.240 e. The normalized spacial score (nSPS) is 19.7. The van der Waals surface area contributed by atoms with E-state index in [0.717, 1.165) is 32.2 Å². The summed E-state index contributed by atoms with van der Waals surface area (Å²) in [6.07, 6.45) is 3.08. The molecule has 5 nitrogen and oxygen atoms in total. The molecule has 0 radical (unpaired) electrons. The molecule has 0 saturated carbocycles. The van der Waals surface area contributed by atoms with Gasteiger partial charge in [0.15, 0.2) is 0 Å². The maximum absolute atomic E-state index is 11.6. The van der Waals surface area contributed by atoms with Crippen molar-refractivity contribution in [3.8, 4) is 0 Å². The zero-order chi connectivity index (χ0) is 10.8. The number of hydrogen-bond acceptors (Lipinski definition) is 3. The highest BCUT2D eigenvalue weighted by Crippen LogP contribution is 2.09. The lowest BCUT2D eigenvalue weighted by Gasteiger charge is -2.20. The Hall–Kier alpha value is -0.620. The molecule has 1 aliphatic rings. The average Bonchev–Trinajstić information content (AvgIpc) is 2.51. The summed E-state index contributed by atoms with van der Waals surface area (Å²) in [6.45, 7) is 3.06. The fourth-order valence-corrected chi connectivity index (χ4v) is 2.33. The first-order valence-corrected chi connectivity index (χ1v) is 6.55. The van der Waals surface area contributed by atoms with Crippen molar-refractivity contribution in [1.29, 1.82) is 0 Å². The van der Waals surface area contributed by atoms with E-state index in [1.54, 1.807) is 11.8 Å². The van der Waals surface area contributed by atoms with Crippen LogP contribution in [0.5, 0.6) is 0 Å². The van der Waals surface area contributed by atoms with E-state index in [0.29, 0.717) is 0 Å². The van der Waals surface area contributed by atoms with Crippen molar-refractivity contribution in [2.24, 2.45) is 0 Å². The molecule has 0 spiro atoms. The molecule has 1 atom stereocenters. The Labute approximate surface area is 84.5 Å². The molecular formula is C8H16N2O3S. The number of rotatable bonds is 3. The lowest BCUT2D eigenvalue weighted by Crippen LogP contribution is -2.45. The number of hydrogen-bond donors (Lipinski definition) is 1. The standard InChI is InChI=1S/C8H16N2O3S/c1-7(9-14(2,12)13)8(11)10-5-3-4-6-10/h7,9H,3-6H2,1-2H3/t7-/m0/s1. The molecule has 1 rings (SSSR count). The van der Waals surface area contributed by atoms with Crippen molar-refractivity contribution >= 4 is 15.9 Å². The maximum atomic E-state index is 11.6. The number of nitrogens with one attached hydrogen (secondary N) is 1. The minimum atomic E-state index is -3.30. The molecule has 0 bridgehead atoms. The second kappa shape index (κ2) is 4.27. The van der Waals surface area contributed by atoms with Crippen LogP contribution in [0.25, 0.3) is 0 Å². The van der Waals surface area contributed by atoms with Gasteiger partial charge >= 0.3 is 0 Å². The van der Waals surface area contributed by atoms with Gasteiger partial charge in [0.25, 0.3) is 0 Å². The second-order valence-electron chi connectivity index (χ2n) is 3.64. The zero-order valence-electron chi connectivity index (χ0n) is 8.49. The minimum Gasteiger partial charge on any atom is -0.341 e. The maximum Gasteiger partial charge on any atom is 0.240 e. The van der Waals surface area contributed by atoms with Crippen LogP contribution in [0.2, 0.25) is 0 Å². The van der Waals surface area contributed by atoms with E-state index in [-0.39, 0.29) is 5.91 Å². The predicted octanol–water partition coefficient (Wildman–Crippen LogP) is -0.453. The monoisotopic (exact) mass is 220 g/mol. The first kappa shape index (κ1) is 11.5. The van der Waals surface area contributed by atoms with Crippen LogP contribution in [0, 0.1) is 0 Å². The molecule has 1 fully saturated rings. The third-order valence-electron chi connectivity index (χ3n) is 2.18. The van der Waals surface area contributed by atoms with Crippen LogP contribution >= 0.6 is 0 Å². The number of likely N-dealkylation sites (tertiary alicyclic amines) is 1. The van der Waals surface area contributed by atoms with Gasteiger partial charge in [0, 0.05) is 13.1 Å². The van der Waals surface area contributed by atoms with Crippen LogP contribution in [-0.2, 0) is 14.8 Å². The highest BCUT2D eigenvalue weighted by molar-refractivity contribution is 7.88. The number of amides is 1. The molecule has 0 aliphatic carbocycles. The van der Waals surface area contributed by atoms with Gasteiger partial charge in [0.05, 0.1) is 12.3 Å². The molecule has 1 heterocycles. The Morgan fingerprint density at radius 3 is 2.29 bits per heavy atom. The van der Waals surface area contributed by atoms with Crippen LogP contribution in [0.1, 0.15) is 19.8 Å². The van der Waals surface area contributed by atoms with Gasteiger partial charge in [-0.25, -0.2) is 13.1 Å². The largest absolute Gasteiger partial charge is 0.341 e. The SMILES string of the molecule is C[C@H](NS(C)(=O)=O)C(=O)N1CCCC1. The van der Waals surface area contributed by atoms with E-state index < -0.39 is 16.1 Å². The lowest BCUT2D eigenvalue weighted by atomic mass is 10.3. The Kier molecular flexibility index (Phi) is 3.49. The van der Waals surface area contributed by atoms with E-state index in [1.807, 2.05) is 0 Å². The highest BCUT2D eigenvalue weighted by Gasteiger charge is 2.24. The van der Waals surface area contributed by atoms with Crippen molar-refractivity contribution in [2.75, 3.05) is 19.3 Å².